The van der Waals surface area contributed by atoms with Crippen LogP contribution in [0.1, 0.15) is 11.5 Å². The zero-order valence-electron chi connectivity index (χ0n) is 10.4. The summed E-state index contributed by atoms with van der Waals surface area (Å²) in [5.41, 5.74) is 1.51. The summed E-state index contributed by atoms with van der Waals surface area (Å²) in [4.78, 5) is 9.16. The van der Waals surface area contributed by atoms with Gasteiger partial charge in [0.2, 0.25) is 0 Å². The van der Waals surface area contributed by atoms with Gasteiger partial charge in [0.25, 0.3) is 0 Å². The fraction of sp³-hybridized carbons (Fsp3) is 0.182. The maximum Gasteiger partial charge on any atom is 0.435 e. The number of nitrogens with one attached hydrogen (secondary N) is 1. The van der Waals surface area contributed by atoms with Gasteiger partial charge in [0.15, 0.2) is 17.3 Å². The molecule has 0 spiro atoms. The van der Waals surface area contributed by atoms with Gasteiger partial charge in [0, 0.05) is 6.20 Å². The highest BCUT2D eigenvalue weighted by Gasteiger charge is 2.33. The Bertz CT molecular complexity index is 778. The van der Waals surface area contributed by atoms with E-state index in [1.165, 1.54) is 17.5 Å². The number of hydrogen-bond donors (Lipinski definition) is 2. The molecule has 3 heterocycles. The molecule has 0 atom stereocenters. The second-order valence-electron chi connectivity index (χ2n) is 4.17. The molecular formula is C11H9F3N6S. The van der Waals surface area contributed by atoms with Gasteiger partial charge in [0.05, 0.1) is 5.39 Å². The van der Waals surface area contributed by atoms with Crippen LogP contribution < -0.4 is 11.3 Å². The van der Waals surface area contributed by atoms with E-state index in [1.54, 1.807) is 0 Å². The number of nitrogens with two attached hydrogens (primary N) is 1. The summed E-state index contributed by atoms with van der Waals surface area (Å²) in [6, 6.07) is 2.72. The smallest absolute Gasteiger partial charge is 0.308 e. The van der Waals surface area contributed by atoms with Crippen LogP contribution >= 0.6 is 11.3 Å². The monoisotopic (exact) mass is 314 g/mol. The summed E-state index contributed by atoms with van der Waals surface area (Å²) in [7, 11) is 0. The van der Waals surface area contributed by atoms with Crippen molar-refractivity contribution in [2.24, 2.45) is 5.84 Å². The van der Waals surface area contributed by atoms with E-state index in [-0.39, 0.29) is 6.54 Å². The lowest BCUT2D eigenvalue weighted by atomic mass is 10.4. The van der Waals surface area contributed by atoms with Gasteiger partial charge in [0.1, 0.15) is 11.4 Å². The highest BCUT2D eigenvalue weighted by atomic mass is 32.1. The number of nitrogen functional groups attached to an aromatic ring is 1. The van der Waals surface area contributed by atoms with Crippen molar-refractivity contribution >= 4 is 27.4 Å². The standard InChI is InChI=1S/C11H9F3N6S/c12-11(13,14)7-1-3-20(19-7)5-8-16-9(18-15)6-2-4-21-10(6)17-8/h1-4H,5,15H2,(H,16,17,18). The number of fused-ring (bicyclic) bond motifs is 1. The van der Waals surface area contributed by atoms with Gasteiger partial charge in [-0.2, -0.15) is 18.3 Å². The Balaban J connectivity index is 1.92. The topological polar surface area (TPSA) is 81.6 Å². The summed E-state index contributed by atoms with van der Waals surface area (Å²) in [6.07, 6.45) is -3.23. The molecule has 0 aliphatic heterocycles. The molecule has 0 aliphatic carbocycles. The molecular weight excluding hydrogens is 305 g/mol. The average molecular weight is 314 g/mol. The molecule has 21 heavy (non-hydrogen) atoms. The normalized spacial score (nSPS) is 12.0. The molecule has 3 N–H and O–H groups in total. The summed E-state index contributed by atoms with van der Waals surface area (Å²) < 4.78 is 38.6. The van der Waals surface area contributed by atoms with Crippen LogP contribution in [0.3, 0.4) is 0 Å². The molecule has 0 saturated heterocycles. The van der Waals surface area contributed by atoms with Gasteiger partial charge < -0.3 is 5.43 Å². The van der Waals surface area contributed by atoms with Crippen molar-refractivity contribution in [2.75, 3.05) is 5.43 Å². The molecule has 0 bridgehead atoms. The average Bonchev–Trinajstić information content (AvgIpc) is 3.05. The summed E-state index contributed by atoms with van der Waals surface area (Å²) in [6.45, 7) is 0.0264. The van der Waals surface area contributed by atoms with Crippen LogP contribution in [0.2, 0.25) is 0 Å². The number of thiophene rings is 1. The molecule has 3 aromatic rings. The van der Waals surface area contributed by atoms with Gasteiger partial charge in [-0.25, -0.2) is 15.8 Å². The van der Waals surface area contributed by atoms with Gasteiger partial charge in [-0.05, 0) is 17.5 Å². The number of nitrogens with zero attached hydrogens (tertiary/aromatic N) is 4. The minimum absolute atomic E-state index is 0.0264. The first-order valence-electron chi connectivity index (χ1n) is 5.79. The van der Waals surface area contributed by atoms with E-state index in [0.29, 0.717) is 16.5 Å². The van der Waals surface area contributed by atoms with E-state index in [1.807, 2.05) is 11.4 Å². The van der Waals surface area contributed by atoms with Gasteiger partial charge in [-0.1, -0.05) is 0 Å². The number of halogens is 3. The molecule has 0 radical (unpaired) electrons. The summed E-state index contributed by atoms with van der Waals surface area (Å²) in [5, 5.41) is 6.06. The molecule has 3 aromatic heterocycles. The van der Waals surface area contributed by atoms with Gasteiger partial charge in [-0.15, -0.1) is 11.3 Å². The van der Waals surface area contributed by atoms with Crippen LogP contribution in [0.4, 0.5) is 19.0 Å². The first-order chi connectivity index (χ1) is 9.97. The molecule has 0 fully saturated rings. The Morgan fingerprint density at radius 2 is 2.10 bits per heavy atom. The van der Waals surface area contributed by atoms with E-state index in [0.717, 1.165) is 16.1 Å². The largest absolute Gasteiger partial charge is 0.435 e. The van der Waals surface area contributed by atoms with Crippen LogP contribution in [0.15, 0.2) is 23.7 Å². The van der Waals surface area contributed by atoms with Crippen LogP contribution in [-0.4, -0.2) is 19.7 Å². The number of rotatable bonds is 3. The predicted octanol–water partition coefficient (Wildman–Crippen LogP) is 2.24. The third kappa shape index (κ3) is 2.67. The molecule has 0 amide bonds. The van der Waals surface area contributed by atoms with E-state index < -0.39 is 11.9 Å². The van der Waals surface area contributed by atoms with Crippen molar-refractivity contribution in [1.82, 2.24) is 19.7 Å². The first kappa shape index (κ1) is 13.8. The van der Waals surface area contributed by atoms with Crippen LogP contribution in [0.5, 0.6) is 0 Å². The van der Waals surface area contributed by atoms with Crippen molar-refractivity contribution in [1.29, 1.82) is 0 Å². The predicted molar refractivity (Wildman–Crippen MR) is 71.6 cm³/mol. The highest BCUT2D eigenvalue weighted by molar-refractivity contribution is 7.16. The molecule has 0 aliphatic rings. The fourth-order valence-electron chi connectivity index (χ4n) is 1.83. The maximum absolute atomic E-state index is 12.5. The van der Waals surface area contributed by atoms with Crippen LogP contribution in [0.25, 0.3) is 10.2 Å². The molecule has 0 aromatic carbocycles. The molecule has 0 saturated carbocycles. The Morgan fingerprint density at radius 1 is 1.29 bits per heavy atom. The molecule has 3 rings (SSSR count). The van der Waals surface area contributed by atoms with Crippen molar-refractivity contribution in [3.8, 4) is 0 Å². The Kier molecular flexibility index (Phi) is 3.26. The van der Waals surface area contributed by atoms with Crippen LogP contribution in [-0.2, 0) is 12.7 Å². The minimum Gasteiger partial charge on any atom is -0.308 e. The molecule has 110 valence electrons. The van der Waals surface area contributed by atoms with Crippen molar-refractivity contribution < 1.29 is 13.2 Å². The zero-order chi connectivity index (χ0) is 15.0. The number of anilines is 1. The molecule has 0 unspecified atom stereocenters. The van der Waals surface area contributed by atoms with E-state index in [4.69, 9.17) is 5.84 Å². The quantitative estimate of drug-likeness (QED) is 0.572. The Morgan fingerprint density at radius 3 is 2.76 bits per heavy atom. The van der Waals surface area contributed by atoms with Crippen molar-refractivity contribution in [3.63, 3.8) is 0 Å². The minimum atomic E-state index is -4.46. The van der Waals surface area contributed by atoms with Gasteiger partial charge >= 0.3 is 6.18 Å². The third-order valence-corrected chi connectivity index (χ3v) is 3.55. The fourth-order valence-corrected chi connectivity index (χ4v) is 2.61. The van der Waals surface area contributed by atoms with Crippen molar-refractivity contribution in [2.45, 2.75) is 12.7 Å². The molecule has 10 heteroatoms. The summed E-state index contributed by atoms with van der Waals surface area (Å²) >= 11 is 1.39. The zero-order valence-corrected chi connectivity index (χ0v) is 11.2. The van der Waals surface area contributed by atoms with Crippen LogP contribution in [0, 0.1) is 0 Å². The second kappa shape index (κ2) is 4.97. The SMILES string of the molecule is NNc1nc(Cn2ccc(C(F)(F)F)n2)nc2sccc12. The second-order valence-corrected chi connectivity index (χ2v) is 5.06. The Labute approximate surface area is 120 Å². The lowest BCUT2D eigenvalue weighted by Crippen LogP contribution is -2.13. The number of alkyl halides is 3. The highest BCUT2D eigenvalue weighted by Crippen LogP contribution is 2.28. The number of hydrazine groups is 1. The van der Waals surface area contributed by atoms with E-state index >= 15 is 0 Å². The van der Waals surface area contributed by atoms with Gasteiger partial charge in [-0.3, -0.25) is 4.68 Å². The number of hydrogen-bond acceptors (Lipinski definition) is 6. The van der Waals surface area contributed by atoms with Crippen molar-refractivity contribution in [3.05, 3.63) is 35.2 Å². The first-order valence-corrected chi connectivity index (χ1v) is 6.67. The Hall–Kier alpha value is -2.20. The lowest BCUT2D eigenvalue weighted by Gasteiger charge is -2.06. The maximum atomic E-state index is 12.5. The van der Waals surface area contributed by atoms with E-state index in [2.05, 4.69) is 20.5 Å². The third-order valence-electron chi connectivity index (χ3n) is 2.74. The van der Waals surface area contributed by atoms with E-state index in [9.17, 15) is 13.2 Å². The summed E-state index contributed by atoms with van der Waals surface area (Å²) in [5.74, 6) is 6.15. The lowest BCUT2D eigenvalue weighted by molar-refractivity contribution is -0.141. The molecule has 6 nitrogen and oxygen atoms in total. The number of aromatic nitrogens is 4.